The average Bonchev–Trinajstić information content (AvgIpc) is 3.45. The molecule has 3 saturated heterocycles. The van der Waals surface area contributed by atoms with Crippen LogP contribution in [0, 0.1) is 11.3 Å². The van der Waals surface area contributed by atoms with Crippen LogP contribution >= 0.6 is 0 Å². The van der Waals surface area contributed by atoms with Crippen molar-refractivity contribution >= 4 is 22.8 Å². The SMILES string of the molecule is CC(C)(C)C(=O)ON1CC(N2CCC(CN3CCC(n4nc(-c5ccc(Oc6ccccc6)cc5)c5c(N)ncnc54)CC3)CC2)C1. The van der Waals surface area contributed by atoms with Gasteiger partial charge in [0.15, 0.2) is 5.65 Å². The van der Waals surface area contributed by atoms with E-state index in [0.717, 1.165) is 98.4 Å². The molecule has 0 amide bonds. The minimum Gasteiger partial charge on any atom is -0.457 e. The molecule has 0 spiro atoms. The summed E-state index contributed by atoms with van der Waals surface area (Å²) < 4.78 is 8.09. The zero-order chi connectivity index (χ0) is 32.5. The Hall–Kier alpha value is -4.06. The van der Waals surface area contributed by atoms with E-state index in [2.05, 4.69) is 24.4 Å². The Kier molecular flexibility index (Phi) is 8.87. The quantitative estimate of drug-likeness (QED) is 0.269. The van der Waals surface area contributed by atoms with Gasteiger partial charge in [0.2, 0.25) is 0 Å². The van der Waals surface area contributed by atoms with Gasteiger partial charge >= 0.3 is 5.97 Å². The van der Waals surface area contributed by atoms with Gasteiger partial charge in [-0.3, -0.25) is 4.90 Å². The normalized spacial score (nSPS) is 19.6. The van der Waals surface area contributed by atoms with Crippen molar-refractivity contribution in [3.63, 3.8) is 0 Å². The Balaban J connectivity index is 0.926. The summed E-state index contributed by atoms with van der Waals surface area (Å²) in [5, 5.41) is 7.73. The van der Waals surface area contributed by atoms with Crippen molar-refractivity contribution < 1.29 is 14.4 Å². The highest BCUT2D eigenvalue weighted by atomic mass is 16.7. The number of carbonyl (C=O) groups excluding carboxylic acids is 1. The average molecular weight is 639 g/mol. The molecule has 47 heavy (non-hydrogen) atoms. The predicted octanol–water partition coefficient (Wildman–Crippen LogP) is 5.41. The van der Waals surface area contributed by atoms with E-state index in [-0.39, 0.29) is 12.0 Å². The maximum Gasteiger partial charge on any atom is 0.330 e. The molecule has 2 aromatic carbocycles. The largest absolute Gasteiger partial charge is 0.457 e. The minimum absolute atomic E-state index is 0.156. The van der Waals surface area contributed by atoms with Crippen molar-refractivity contribution in [1.82, 2.24) is 34.6 Å². The van der Waals surface area contributed by atoms with Crippen molar-refractivity contribution in [3.8, 4) is 22.8 Å². The van der Waals surface area contributed by atoms with Gasteiger partial charge in [-0.05, 0) is 102 Å². The highest BCUT2D eigenvalue weighted by Gasteiger charge is 2.38. The van der Waals surface area contributed by atoms with E-state index < -0.39 is 5.41 Å². The molecule has 0 atom stereocenters. The number of piperidine rings is 2. The molecule has 0 radical (unpaired) electrons. The minimum atomic E-state index is -0.471. The number of aromatic nitrogens is 4. The number of hydrogen-bond acceptors (Lipinski definition) is 10. The first kappa shape index (κ1) is 31.5. The maximum absolute atomic E-state index is 12.2. The monoisotopic (exact) mass is 638 g/mol. The molecule has 0 unspecified atom stereocenters. The first-order valence-electron chi connectivity index (χ1n) is 17.0. The molecule has 3 aliphatic rings. The number of nitrogens with two attached hydrogens (primary N) is 1. The van der Waals surface area contributed by atoms with Crippen LogP contribution < -0.4 is 10.5 Å². The summed E-state index contributed by atoms with van der Waals surface area (Å²) in [5.74, 6) is 2.57. The third-order valence-corrected chi connectivity index (χ3v) is 9.86. The molecule has 0 aliphatic carbocycles. The van der Waals surface area contributed by atoms with E-state index in [1.165, 1.54) is 19.2 Å². The van der Waals surface area contributed by atoms with E-state index in [1.54, 1.807) is 0 Å². The molecule has 0 saturated carbocycles. The standard InChI is InChI=1S/C36H46N8O3/c1-36(2,3)35(45)47-43-22-28(23-43)42-19-13-25(14-20-42)21-41-17-15-27(16-18-41)44-34-31(33(37)38-24-39-34)32(40-44)26-9-11-30(12-10-26)46-29-7-5-4-6-8-29/h4-12,24-25,27-28H,13-23H2,1-3H3,(H2,37,38,39). The van der Waals surface area contributed by atoms with Crippen molar-refractivity contribution in [3.05, 3.63) is 60.9 Å². The number of carbonyl (C=O) groups is 1. The van der Waals surface area contributed by atoms with Gasteiger partial charge in [0.25, 0.3) is 0 Å². The lowest BCUT2D eigenvalue weighted by Gasteiger charge is -2.47. The van der Waals surface area contributed by atoms with Gasteiger partial charge in [-0.15, -0.1) is 5.06 Å². The summed E-state index contributed by atoms with van der Waals surface area (Å²) in [6, 6.07) is 18.5. The van der Waals surface area contributed by atoms with Crippen molar-refractivity contribution in [2.24, 2.45) is 11.3 Å². The zero-order valence-corrected chi connectivity index (χ0v) is 27.7. The molecule has 3 aliphatic heterocycles. The Labute approximate surface area is 276 Å². The smallest absolute Gasteiger partial charge is 0.330 e. The summed E-state index contributed by atoms with van der Waals surface area (Å²) in [6.45, 7) is 12.8. The fourth-order valence-electron chi connectivity index (χ4n) is 6.95. The van der Waals surface area contributed by atoms with E-state index >= 15 is 0 Å². The third-order valence-electron chi connectivity index (χ3n) is 9.86. The van der Waals surface area contributed by atoms with Crippen LogP contribution in [0.5, 0.6) is 11.5 Å². The second kappa shape index (κ2) is 13.2. The van der Waals surface area contributed by atoms with Crippen LogP contribution in [0.15, 0.2) is 60.9 Å². The van der Waals surface area contributed by atoms with Gasteiger partial charge in [0, 0.05) is 31.2 Å². The molecule has 7 rings (SSSR count). The van der Waals surface area contributed by atoms with Crippen LogP contribution in [0.4, 0.5) is 5.82 Å². The second-order valence-corrected chi connectivity index (χ2v) is 14.3. The number of ether oxygens (including phenoxy) is 1. The van der Waals surface area contributed by atoms with Crippen LogP contribution in [0.1, 0.15) is 52.5 Å². The number of rotatable bonds is 8. The Morgan fingerprint density at radius 3 is 2.23 bits per heavy atom. The molecule has 2 N–H and O–H groups in total. The molecule has 11 heteroatoms. The molecule has 11 nitrogen and oxygen atoms in total. The number of nitrogens with zero attached hydrogens (tertiary/aromatic N) is 7. The van der Waals surface area contributed by atoms with E-state index in [1.807, 2.05) is 80.4 Å². The molecule has 0 bridgehead atoms. The lowest BCUT2D eigenvalue weighted by Crippen LogP contribution is -2.61. The zero-order valence-electron chi connectivity index (χ0n) is 27.7. The number of para-hydroxylation sites is 1. The number of hydrogen-bond donors (Lipinski definition) is 1. The number of benzene rings is 2. The van der Waals surface area contributed by atoms with Gasteiger partial charge in [0.05, 0.1) is 29.9 Å². The van der Waals surface area contributed by atoms with Gasteiger partial charge in [-0.1, -0.05) is 18.2 Å². The molecule has 5 heterocycles. The summed E-state index contributed by atoms with van der Waals surface area (Å²) >= 11 is 0. The fraction of sp³-hybridized carbons (Fsp3) is 0.500. The van der Waals surface area contributed by atoms with Gasteiger partial charge in [-0.2, -0.15) is 5.10 Å². The van der Waals surface area contributed by atoms with E-state index in [0.29, 0.717) is 11.9 Å². The van der Waals surface area contributed by atoms with E-state index in [4.69, 9.17) is 20.4 Å². The number of hydroxylamine groups is 2. The van der Waals surface area contributed by atoms with Crippen LogP contribution in [0.2, 0.25) is 0 Å². The maximum atomic E-state index is 12.2. The van der Waals surface area contributed by atoms with Crippen molar-refractivity contribution in [1.29, 1.82) is 0 Å². The lowest BCUT2D eigenvalue weighted by molar-refractivity contribution is -0.231. The summed E-state index contributed by atoms with van der Waals surface area (Å²) in [7, 11) is 0. The van der Waals surface area contributed by atoms with Crippen LogP contribution in [0.25, 0.3) is 22.3 Å². The second-order valence-electron chi connectivity index (χ2n) is 14.3. The van der Waals surface area contributed by atoms with E-state index in [9.17, 15) is 4.79 Å². The Morgan fingerprint density at radius 2 is 1.55 bits per heavy atom. The number of nitrogen functional groups attached to an aromatic ring is 1. The van der Waals surface area contributed by atoms with Crippen molar-refractivity contribution in [2.45, 2.75) is 58.5 Å². The first-order valence-corrected chi connectivity index (χ1v) is 17.0. The number of anilines is 1. The topological polar surface area (TPSA) is 115 Å². The highest BCUT2D eigenvalue weighted by Crippen LogP contribution is 2.36. The number of likely N-dealkylation sites (tertiary alicyclic amines) is 2. The van der Waals surface area contributed by atoms with Crippen LogP contribution in [-0.4, -0.2) is 92.4 Å². The fourth-order valence-corrected chi connectivity index (χ4v) is 6.95. The number of fused-ring (bicyclic) bond motifs is 1. The van der Waals surface area contributed by atoms with Gasteiger partial charge in [0.1, 0.15) is 29.3 Å². The Bertz CT molecular complexity index is 1660. The van der Waals surface area contributed by atoms with Gasteiger partial charge in [-0.25, -0.2) is 19.4 Å². The van der Waals surface area contributed by atoms with Crippen LogP contribution in [-0.2, 0) is 9.63 Å². The molecule has 4 aromatic rings. The van der Waals surface area contributed by atoms with Crippen molar-refractivity contribution in [2.75, 3.05) is 51.5 Å². The summed E-state index contributed by atoms with van der Waals surface area (Å²) in [5.41, 5.74) is 8.51. The summed E-state index contributed by atoms with van der Waals surface area (Å²) in [4.78, 5) is 31.9. The third kappa shape index (κ3) is 6.97. The molecule has 2 aromatic heterocycles. The highest BCUT2D eigenvalue weighted by molar-refractivity contribution is 5.98. The lowest BCUT2D eigenvalue weighted by atomic mass is 9.93. The summed E-state index contributed by atoms with van der Waals surface area (Å²) in [6.07, 6.45) is 6.02. The molecule has 3 fully saturated rings. The Morgan fingerprint density at radius 1 is 0.872 bits per heavy atom. The molecular formula is C36H46N8O3. The van der Waals surface area contributed by atoms with Crippen LogP contribution in [0.3, 0.4) is 0 Å². The molecule has 248 valence electrons. The first-order chi connectivity index (χ1) is 22.7. The van der Waals surface area contributed by atoms with Gasteiger partial charge < -0.3 is 20.2 Å². The molecular weight excluding hydrogens is 592 g/mol. The predicted molar refractivity (Wildman–Crippen MR) is 182 cm³/mol.